The van der Waals surface area contributed by atoms with Crippen LogP contribution in [0.4, 0.5) is 0 Å². The first-order chi connectivity index (χ1) is 27.3. The molecule has 0 amide bonds. The summed E-state index contributed by atoms with van der Waals surface area (Å²) in [5, 5.41) is 2.57. The number of hydrogen-bond donors (Lipinski definition) is 0. The largest absolute Gasteiger partial charge is 0.457 e. The van der Waals surface area contributed by atoms with E-state index in [-0.39, 0.29) is 0 Å². The van der Waals surface area contributed by atoms with Gasteiger partial charge in [0.1, 0.15) is 11.5 Å². The van der Waals surface area contributed by atoms with Crippen LogP contribution in [0, 0.1) is 0 Å². The standard InChI is InChI=1S/C54H34O/c1-3-17-37(18-4-1)53(38-19-5-2-6-20-38)47-27-13-14-28-49(47)55-50-29-15-24-40(52(50)53)36-31-32-43-44-33-30-35-16-7-8-21-39(35)51(44)54(48(43)34-36)45-25-11-9-22-41(45)42-23-10-12-26-46(42)54/h1-34H. The highest BCUT2D eigenvalue weighted by atomic mass is 16.5. The van der Waals surface area contributed by atoms with Crippen molar-refractivity contribution in [2.24, 2.45) is 0 Å². The highest BCUT2D eigenvalue weighted by Crippen LogP contribution is 2.65. The molecule has 9 aromatic carbocycles. The van der Waals surface area contributed by atoms with Crippen LogP contribution in [0.25, 0.3) is 44.2 Å². The molecule has 0 unspecified atom stereocenters. The third-order valence-corrected chi connectivity index (χ3v) is 12.6. The summed E-state index contributed by atoms with van der Waals surface area (Å²) in [4.78, 5) is 0. The lowest BCUT2D eigenvalue weighted by Crippen LogP contribution is -2.34. The van der Waals surface area contributed by atoms with Gasteiger partial charge in [0.15, 0.2) is 0 Å². The number of hydrogen-bond acceptors (Lipinski definition) is 1. The van der Waals surface area contributed by atoms with Crippen LogP contribution in [0.1, 0.15) is 44.5 Å². The van der Waals surface area contributed by atoms with Gasteiger partial charge >= 0.3 is 0 Å². The molecule has 1 spiro atoms. The minimum absolute atomic E-state index is 0.484. The Morgan fingerprint density at radius 2 is 0.855 bits per heavy atom. The molecule has 55 heavy (non-hydrogen) atoms. The van der Waals surface area contributed by atoms with Crippen molar-refractivity contribution in [3.8, 4) is 44.9 Å². The van der Waals surface area contributed by atoms with Crippen molar-refractivity contribution in [3.05, 3.63) is 251 Å². The van der Waals surface area contributed by atoms with Crippen LogP contribution in [-0.4, -0.2) is 0 Å². The molecule has 0 radical (unpaired) electrons. The predicted molar refractivity (Wildman–Crippen MR) is 224 cm³/mol. The minimum Gasteiger partial charge on any atom is -0.457 e. The Morgan fingerprint density at radius 1 is 0.309 bits per heavy atom. The summed E-state index contributed by atoms with van der Waals surface area (Å²) in [6.45, 7) is 0. The summed E-state index contributed by atoms with van der Waals surface area (Å²) in [7, 11) is 0. The maximum Gasteiger partial charge on any atom is 0.132 e. The first kappa shape index (κ1) is 30.5. The fourth-order valence-electron chi connectivity index (χ4n) is 10.6. The fourth-order valence-corrected chi connectivity index (χ4v) is 10.6. The number of fused-ring (bicyclic) bond motifs is 14. The average Bonchev–Trinajstić information content (AvgIpc) is 3.73. The molecule has 0 bridgehead atoms. The molecule has 2 aliphatic carbocycles. The lowest BCUT2D eigenvalue weighted by molar-refractivity contribution is 0.435. The van der Waals surface area contributed by atoms with Gasteiger partial charge in [-0.05, 0) is 95.7 Å². The Labute approximate surface area is 320 Å². The smallest absolute Gasteiger partial charge is 0.132 e. The fraction of sp³-hybridized carbons (Fsp3) is 0.0370. The van der Waals surface area contributed by atoms with E-state index in [0.29, 0.717) is 0 Å². The van der Waals surface area contributed by atoms with Gasteiger partial charge < -0.3 is 4.74 Å². The van der Waals surface area contributed by atoms with Crippen LogP contribution in [0.15, 0.2) is 206 Å². The zero-order valence-corrected chi connectivity index (χ0v) is 30.0. The van der Waals surface area contributed by atoms with Gasteiger partial charge in [0.05, 0.1) is 10.8 Å². The van der Waals surface area contributed by atoms with Crippen molar-refractivity contribution >= 4 is 10.8 Å². The Hall–Kier alpha value is -6.96. The van der Waals surface area contributed by atoms with Crippen molar-refractivity contribution < 1.29 is 4.74 Å². The Bertz CT molecular complexity index is 2930. The Balaban J connectivity index is 1.20. The topological polar surface area (TPSA) is 9.23 Å². The molecule has 0 atom stereocenters. The van der Waals surface area contributed by atoms with Crippen LogP contribution < -0.4 is 4.74 Å². The van der Waals surface area contributed by atoms with Crippen LogP contribution in [0.2, 0.25) is 0 Å². The van der Waals surface area contributed by atoms with Gasteiger partial charge in [0, 0.05) is 11.1 Å². The number of rotatable bonds is 3. The van der Waals surface area contributed by atoms with Gasteiger partial charge in [0.2, 0.25) is 0 Å². The van der Waals surface area contributed by atoms with Gasteiger partial charge in [-0.15, -0.1) is 0 Å². The molecule has 1 heterocycles. The molecule has 0 saturated heterocycles. The van der Waals surface area contributed by atoms with Crippen LogP contribution in [0.3, 0.4) is 0 Å². The quantitative estimate of drug-likeness (QED) is 0.178. The molecular formula is C54H34O. The first-order valence-electron chi connectivity index (χ1n) is 19.2. The number of ether oxygens (including phenoxy) is 1. The Kier molecular flexibility index (Phi) is 6.25. The van der Waals surface area contributed by atoms with E-state index in [9.17, 15) is 0 Å². The highest BCUT2D eigenvalue weighted by molar-refractivity contribution is 6.04. The van der Waals surface area contributed by atoms with E-state index < -0.39 is 10.8 Å². The Morgan fingerprint density at radius 3 is 1.58 bits per heavy atom. The molecular weight excluding hydrogens is 665 g/mol. The molecule has 1 nitrogen and oxygen atoms in total. The maximum atomic E-state index is 6.92. The third-order valence-electron chi connectivity index (χ3n) is 12.6. The van der Waals surface area contributed by atoms with Crippen molar-refractivity contribution in [2.75, 3.05) is 0 Å². The lowest BCUT2D eigenvalue weighted by Gasteiger charge is -2.42. The van der Waals surface area contributed by atoms with Gasteiger partial charge in [0.25, 0.3) is 0 Å². The van der Waals surface area contributed by atoms with Gasteiger partial charge in [-0.2, -0.15) is 0 Å². The van der Waals surface area contributed by atoms with E-state index >= 15 is 0 Å². The van der Waals surface area contributed by atoms with E-state index in [1.54, 1.807) is 0 Å². The summed E-state index contributed by atoms with van der Waals surface area (Å²) >= 11 is 0. The number of benzene rings is 9. The molecule has 0 aromatic heterocycles. The molecule has 12 rings (SSSR count). The zero-order chi connectivity index (χ0) is 36.1. The van der Waals surface area contributed by atoms with Crippen LogP contribution >= 0.6 is 0 Å². The van der Waals surface area contributed by atoms with Gasteiger partial charge in [-0.1, -0.05) is 188 Å². The second-order valence-electron chi connectivity index (χ2n) is 15.1. The molecule has 1 heteroatoms. The molecule has 1 aliphatic heterocycles. The molecule has 3 aliphatic rings. The molecule has 0 saturated carbocycles. The SMILES string of the molecule is c1ccc(C2(c3ccccc3)c3ccccc3Oc3cccc(-c4ccc5c(c4)C4(c6ccccc6-c6ccccc64)c4c-5ccc5ccccc45)c32)cc1. The van der Waals surface area contributed by atoms with E-state index in [2.05, 4.69) is 206 Å². The van der Waals surface area contributed by atoms with Crippen molar-refractivity contribution in [2.45, 2.75) is 10.8 Å². The normalized spacial score (nSPS) is 14.6. The monoisotopic (exact) mass is 698 g/mol. The van der Waals surface area contributed by atoms with Crippen molar-refractivity contribution in [1.29, 1.82) is 0 Å². The summed E-state index contributed by atoms with van der Waals surface area (Å²) < 4.78 is 6.92. The molecule has 0 N–H and O–H groups in total. The summed E-state index contributed by atoms with van der Waals surface area (Å²) in [6, 6.07) is 76.2. The van der Waals surface area contributed by atoms with Crippen molar-refractivity contribution in [1.82, 2.24) is 0 Å². The van der Waals surface area contributed by atoms with Crippen molar-refractivity contribution in [3.63, 3.8) is 0 Å². The summed E-state index contributed by atoms with van der Waals surface area (Å²) in [6.07, 6.45) is 0. The van der Waals surface area contributed by atoms with E-state index in [0.717, 1.165) is 28.2 Å². The van der Waals surface area contributed by atoms with Gasteiger partial charge in [-0.25, -0.2) is 0 Å². The van der Waals surface area contributed by atoms with E-state index in [4.69, 9.17) is 4.74 Å². The zero-order valence-electron chi connectivity index (χ0n) is 30.0. The summed E-state index contributed by atoms with van der Waals surface area (Å²) in [5.41, 5.74) is 16.6. The number of para-hydroxylation sites is 1. The average molecular weight is 699 g/mol. The second-order valence-corrected chi connectivity index (χ2v) is 15.1. The maximum absolute atomic E-state index is 6.92. The highest BCUT2D eigenvalue weighted by Gasteiger charge is 2.53. The van der Waals surface area contributed by atoms with Crippen LogP contribution in [-0.2, 0) is 10.8 Å². The minimum atomic E-state index is -0.633. The second kappa shape index (κ2) is 11.3. The van der Waals surface area contributed by atoms with Crippen LogP contribution in [0.5, 0.6) is 11.5 Å². The van der Waals surface area contributed by atoms with Gasteiger partial charge in [-0.3, -0.25) is 0 Å². The molecule has 256 valence electrons. The first-order valence-corrected chi connectivity index (χ1v) is 19.2. The van der Waals surface area contributed by atoms with E-state index in [1.807, 2.05) is 0 Å². The van der Waals surface area contributed by atoms with E-state index in [1.165, 1.54) is 72.0 Å². The molecule has 9 aromatic rings. The molecule has 0 fully saturated rings. The lowest BCUT2D eigenvalue weighted by atomic mass is 9.62. The summed E-state index contributed by atoms with van der Waals surface area (Å²) in [5.74, 6) is 1.76. The predicted octanol–water partition coefficient (Wildman–Crippen LogP) is 13.3. The third kappa shape index (κ3) is 3.87.